The molecule has 102 valence electrons. The van der Waals surface area contributed by atoms with Crippen LogP contribution in [0.2, 0.25) is 0 Å². The van der Waals surface area contributed by atoms with E-state index in [4.69, 9.17) is 4.74 Å². The van der Waals surface area contributed by atoms with Crippen molar-refractivity contribution in [2.75, 3.05) is 7.11 Å². The fourth-order valence-corrected chi connectivity index (χ4v) is 1.74. The van der Waals surface area contributed by atoms with Gasteiger partial charge in [0.15, 0.2) is 0 Å². The van der Waals surface area contributed by atoms with Crippen LogP contribution in [0.5, 0.6) is 5.75 Å². The van der Waals surface area contributed by atoms with Crippen LogP contribution in [-0.2, 0) is 11.3 Å². The van der Waals surface area contributed by atoms with E-state index in [1.165, 1.54) is 6.08 Å². The van der Waals surface area contributed by atoms with Gasteiger partial charge >= 0.3 is 0 Å². The number of para-hydroxylation sites is 1. The molecule has 1 amide bonds. The molecule has 0 aliphatic rings. The summed E-state index contributed by atoms with van der Waals surface area (Å²) in [6, 6.07) is 11.3. The van der Waals surface area contributed by atoms with E-state index in [1.807, 2.05) is 36.4 Å². The highest BCUT2D eigenvalue weighted by molar-refractivity contribution is 5.91. The minimum absolute atomic E-state index is 0.146. The van der Waals surface area contributed by atoms with Crippen molar-refractivity contribution in [3.8, 4) is 5.75 Å². The number of pyridine rings is 1. The molecule has 4 heteroatoms. The van der Waals surface area contributed by atoms with Gasteiger partial charge in [0.05, 0.1) is 7.11 Å². The predicted molar refractivity (Wildman–Crippen MR) is 78.1 cm³/mol. The van der Waals surface area contributed by atoms with Crippen LogP contribution >= 0.6 is 0 Å². The van der Waals surface area contributed by atoms with Gasteiger partial charge in [-0.25, -0.2) is 0 Å². The summed E-state index contributed by atoms with van der Waals surface area (Å²) >= 11 is 0. The van der Waals surface area contributed by atoms with Gasteiger partial charge in [-0.15, -0.1) is 0 Å². The second kappa shape index (κ2) is 7.09. The Bertz CT molecular complexity index is 594. The lowest BCUT2D eigenvalue weighted by Crippen LogP contribution is -2.20. The summed E-state index contributed by atoms with van der Waals surface area (Å²) in [7, 11) is 1.62. The Morgan fingerprint density at radius 1 is 1.25 bits per heavy atom. The summed E-state index contributed by atoms with van der Waals surface area (Å²) < 4.78 is 5.23. The summed E-state index contributed by atoms with van der Waals surface area (Å²) in [5, 5.41) is 2.82. The monoisotopic (exact) mass is 268 g/mol. The maximum Gasteiger partial charge on any atom is 0.244 e. The van der Waals surface area contributed by atoms with Gasteiger partial charge in [-0.05, 0) is 29.8 Å². The molecule has 0 saturated heterocycles. The summed E-state index contributed by atoms with van der Waals surface area (Å²) in [6.07, 6.45) is 6.63. The number of amides is 1. The molecule has 0 aliphatic carbocycles. The first-order valence-electron chi connectivity index (χ1n) is 6.27. The van der Waals surface area contributed by atoms with E-state index in [0.29, 0.717) is 6.54 Å². The smallest absolute Gasteiger partial charge is 0.244 e. The fourth-order valence-electron chi connectivity index (χ4n) is 1.74. The lowest BCUT2D eigenvalue weighted by molar-refractivity contribution is -0.116. The second-order valence-electron chi connectivity index (χ2n) is 4.14. The van der Waals surface area contributed by atoms with Crippen molar-refractivity contribution >= 4 is 12.0 Å². The molecular formula is C16H16N2O2. The molecule has 1 aromatic carbocycles. The molecule has 0 spiro atoms. The Balaban J connectivity index is 1.91. The minimum atomic E-state index is -0.146. The van der Waals surface area contributed by atoms with Crippen LogP contribution in [0.15, 0.2) is 54.9 Å². The fraction of sp³-hybridized carbons (Fsp3) is 0.125. The van der Waals surface area contributed by atoms with Crippen molar-refractivity contribution < 1.29 is 9.53 Å². The van der Waals surface area contributed by atoms with E-state index in [9.17, 15) is 4.79 Å². The van der Waals surface area contributed by atoms with Crippen LogP contribution in [0.1, 0.15) is 11.1 Å². The zero-order chi connectivity index (χ0) is 14.2. The highest BCUT2D eigenvalue weighted by atomic mass is 16.5. The number of rotatable bonds is 5. The standard InChI is InChI=1S/C16H16N2O2/c1-20-15-5-3-2-4-14(15)12-18-16(19)7-6-13-8-10-17-11-9-13/h2-11H,12H2,1H3,(H,18,19). The number of ether oxygens (including phenoxy) is 1. The molecule has 0 saturated carbocycles. The van der Waals surface area contributed by atoms with Crippen molar-refractivity contribution in [1.29, 1.82) is 0 Å². The summed E-state index contributed by atoms with van der Waals surface area (Å²) in [5.41, 5.74) is 1.88. The number of nitrogens with one attached hydrogen (secondary N) is 1. The average molecular weight is 268 g/mol. The van der Waals surface area contributed by atoms with Crippen molar-refractivity contribution in [3.05, 3.63) is 66.0 Å². The van der Waals surface area contributed by atoms with Gasteiger partial charge in [-0.2, -0.15) is 0 Å². The topological polar surface area (TPSA) is 51.2 Å². The minimum Gasteiger partial charge on any atom is -0.496 e. The third-order valence-electron chi connectivity index (χ3n) is 2.78. The third kappa shape index (κ3) is 3.95. The van der Waals surface area contributed by atoms with Crippen LogP contribution in [0.3, 0.4) is 0 Å². The van der Waals surface area contributed by atoms with E-state index in [2.05, 4.69) is 10.3 Å². The molecule has 0 aliphatic heterocycles. The van der Waals surface area contributed by atoms with Crippen molar-refractivity contribution in [2.45, 2.75) is 6.54 Å². The SMILES string of the molecule is COc1ccccc1CNC(=O)C=Cc1ccncc1. The largest absolute Gasteiger partial charge is 0.496 e. The number of carbonyl (C=O) groups is 1. The van der Waals surface area contributed by atoms with E-state index < -0.39 is 0 Å². The highest BCUT2D eigenvalue weighted by Gasteiger charge is 2.02. The summed E-state index contributed by atoms with van der Waals surface area (Å²) in [5.74, 6) is 0.624. The van der Waals surface area contributed by atoms with Gasteiger partial charge in [0.25, 0.3) is 0 Å². The quantitative estimate of drug-likeness (QED) is 0.847. The molecule has 0 radical (unpaired) electrons. The van der Waals surface area contributed by atoms with Gasteiger partial charge < -0.3 is 10.1 Å². The number of hydrogen-bond donors (Lipinski definition) is 1. The Morgan fingerprint density at radius 2 is 2.00 bits per heavy atom. The number of methoxy groups -OCH3 is 1. The van der Waals surface area contributed by atoms with Crippen LogP contribution in [-0.4, -0.2) is 18.0 Å². The number of aromatic nitrogens is 1. The first kappa shape index (κ1) is 13.8. The zero-order valence-electron chi connectivity index (χ0n) is 11.2. The maximum atomic E-state index is 11.7. The van der Waals surface area contributed by atoms with Crippen molar-refractivity contribution in [3.63, 3.8) is 0 Å². The normalized spacial score (nSPS) is 10.4. The van der Waals surface area contributed by atoms with E-state index in [-0.39, 0.29) is 5.91 Å². The second-order valence-corrected chi connectivity index (χ2v) is 4.14. The Hall–Kier alpha value is -2.62. The molecule has 0 bridgehead atoms. The Labute approximate surface area is 118 Å². The lowest BCUT2D eigenvalue weighted by Gasteiger charge is -2.08. The number of benzene rings is 1. The van der Waals surface area contributed by atoms with E-state index >= 15 is 0 Å². The molecule has 1 N–H and O–H groups in total. The molecule has 1 aromatic heterocycles. The van der Waals surface area contributed by atoms with Crippen molar-refractivity contribution in [2.24, 2.45) is 0 Å². The lowest BCUT2D eigenvalue weighted by atomic mass is 10.2. The van der Waals surface area contributed by atoms with Gasteiger partial charge in [-0.1, -0.05) is 18.2 Å². The number of nitrogens with zero attached hydrogens (tertiary/aromatic N) is 1. The molecule has 20 heavy (non-hydrogen) atoms. The molecule has 0 atom stereocenters. The zero-order valence-corrected chi connectivity index (χ0v) is 11.2. The van der Waals surface area contributed by atoms with E-state index in [1.54, 1.807) is 25.6 Å². The van der Waals surface area contributed by atoms with Crippen LogP contribution < -0.4 is 10.1 Å². The van der Waals surface area contributed by atoms with Crippen LogP contribution in [0.4, 0.5) is 0 Å². The first-order chi connectivity index (χ1) is 9.79. The predicted octanol–water partition coefficient (Wildman–Crippen LogP) is 2.42. The highest BCUT2D eigenvalue weighted by Crippen LogP contribution is 2.16. The van der Waals surface area contributed by atoms with Gasteiger partial charge in [-0.3, -0.25) is 9.78 Å². The van der Waals surface area contributed by atoms with Crippen LogP contribution in [0, 0.1) is 0 Å². The number of hydrogen-bond acceptors (Lipinski definition) is 3. The molecule has 0 unspecified atom stereocenters. The molecule has 2 aromatic rings. The van der Waals surface area contributed by atoms with Gasteiger partial charge in [0.2, 0.25) is 5.91 Å². The third-order valence-corrected chi connectivity index (χ3v) is 2.78. The number of carbonyl (C=O) groups excluding carboxylic acids is 1. The molecular weight excluding hydrogens is 252 g/mol. The van der Waals surface area contributed by atoms with Crippen molar-refractivity contribution in [1.82, 2.24) is 10.3 Å². The summed E-state index contributed by atoms with van der Waals surface area (Å²) in [6.45, 7) is 0.434. The van der Waals surface area contributed by atoms with Gasteiger partial charge in [0, 0.05) is 30.6 Å². The maximum absolute atomic E-state index is 11.7. The molecule has 0 fully saturated rings. The molecule has 2 rings (SSSR count). The van der Waals surface area contributed by atoms with E-state index in [0.717, 1.165) is 16.9 Å². The Morgan fingerprint density at radius 3 is 2.75 bits per heavy atom. The summed E-state index contributed by atoms with van der Waals surface area (Å²) in [4.78, 5) is 15.7. The first-order valence-corrected chi connectivity index (χ1v) is 6.27. The van der Waals surface area contributed by atoms with Gasteiger partial charge in [0.1, 0.15) is 5.75 Å². The molecule has 1 heterocycles. The Kier molecular flexibility index (Phi) is 4.89. The molecule has 4 nitrogen and oxygen atoms in total. The average Bonchev–Trinajstić information content (AvgIpc) is 2.52. The van der Waals surface area contributed by atoms with Crippen LogP contribution in [0.25, 0.3) is 6.08 Å².